The number of hydrogen-bond acceptors (Lipinski definition) is 12. The Balaban J connectivity index is 2.01. The van der Waals surface area contributed by atoms with Gasteiger partial charge in [0.2, 0.25) is 0 Å². The third kappa shape index (κ3) is 12.6. The Morgan fingerprint density at radius 1 is 0.855 bits per heavy atom. The number of cyclic esters (lactones) is 1. The summed E-state index contributed by atoms with van der Waals surface area (Å²) in [6.45, 7) is 20.0. The van der Waals surface area contributed by atoms with Crippen LogP contribution in [-0.2, 0) is 42.7 Å². The molecule has 0 aliphatic carbocycles. The number of allylic oxidation sites excluding steroid dienone is 3. The number of hydrogen-bond donors (Lipinski definition) is 2. The number of esters is 1. The Hall–Kier alpha value is -1.74. The van der Waals surface area contributed by atoms with E-state index in [1.54, 1.807) is 26.4 Å². The van der Waals surface area contributed by atoms with E-state index in [0.29, 0.717) is 19.3 Å². The van der Waals surface area contributed by atoms with E-state index >= 15 is 0 Å². The molecule has 3 aliphatic heterocycles. The summed E-state index contributed by atoms with van der Waals surface area (Å²) in [5, 5.41) is 22.4. The first-order valence-corrected chi connectivity index (χ1v) is 20.6. The lowest BCUT2D eigenvalue weighted by molar-refractivity contribution is -0.280. The molecule has 0 aromatic heterocycles. The average molecular weight is 782 g/mol. The Bertz CT molecular complexity index is 1250. The van der Waals surface area contributed by atoms with Gasteiger partial charge in [-0.15, -0.1) is 0 Å². The SMILES string of the molecule is CC[C@H]1OC(=O)C[C@@H](O)[C@@H](C)[C@@H](O[C@@H]2O[C@H](C)[C@@H](C)[C@H](N(C)C)[C@H]2C)[C@@H](CC(OC)OC)C[C@@H](C)C(=O)/C=C/C(C)=C/[C@@H]1CO[C@@H]1O[C@H](C)[C@@H](O)[C@@H](C)[C@H]1C. The molecule has 0 radical (unpaired) electrons. The van der Waals surface area contributed by atoms with Crippen LogP contribution in [0.15, 0.2) is 23.8 Å². The van der Waals surface area contributed by atoms with Crippen LogP contribution < -0.4 is 0 Å². The van der Waals surface area contributed by atoms with Gasteiger partial charge in [0.15, 0.2) is 24.7 Å². The summed E-state index contributed by atoms with van der Waals surface area (Å²) in [6.07, 6.45) is 1.29. The van der Waals surface area contributed by atoms with Crippen molar-refractivity contribution >= 4 is 11.8 Å². The van der Waals surface area contributed by atoms with Gasteiger partial charge in [-0.05, 0) is 71.5 Å². The van der Waals surface area contributed by atoms with E-state index in [9.17, 15) is 19.8 Å². The second-order valence-electron chi connectivity index (χ2n) is 17.1. The lowest BCUT2D eigenvalue weighted by Gasteiger charge is -2.48. The van der Waals surface area contributed by atoms with Crippen LogP contribution in [0.2, 0.25) is 0 Å². The van der Waals surface area contributed by atoms with Crippen molar-refractivity contribution < 1.29 is 53.0 Å². The summed E-state index contributed by atoms with van der Waals surface area (Å²) >= 11 is 0. The monoisotopic (exact) mass is 782 g/mol. The van der Waals surface area contributed by atoms with Crippen molar-refractivity contribution in [2.24, 2.45) is 47.3 Å². The maximum absolute atomic E-state index is 13.8. The second-order valence-corrected chi connectivity index (χ2v) is 17.1. The van der Waals surface area contributed by atoms with Crippen molar-refractivity contribution in [1.82, 2.24) is 4.90 Å². The van der Waals surface area contributed by atoms with Gasteiger partial charge < -0.3 is 48.3 Å². The molecule has 17 atom stereocenters. The first-order valence-electron chi connectivity index (χ1n) is 20.6. The highest BCUT2D eigenvalue weighted by Gasteiger charge is 2.45. The zero-order valence-corrected chi connectivity index (χ0v) is 36.2. The van der Waals surface area contributed by atoms with Crippen molar-refractivity contribution in [3.05, 3.63) is 23.8 Å². The fraction of sp³-hybridized carbons (Fsp3) is 0.860. The zero-order valence-electron chi connectivity index (χ0n) is 36.2. The van der Waals surface area contributed by atoms with Crippen molar-refractivity contribution in [2.45, 2.75) is 156 Å². The Morgan fingerprint density at radius 2 is 1.49 bits per heavy atom. The molecule has 318 valence electrons. The topological polar surface area (TPSA) is 142 Å². The van der Waals surface area contributed by atoms with Gasteiger partial charge in [-0.1, -0.05) is 66.2 Å². The molecule has 2 fully saturated rings. The molecule has 0 spiro atoms. The molecule has 3 rings (SSSR count). The third-order valence-electron chi connectivity index (χ3n) is 12.8. The van der Waals surface area contributed by atoms with Crippen molar-refractivity contribution in [1.29, 1.82) is 0 Å². The molecule has 55 heavy (non-hydrogen) atoms. The summed E-state index contributed by atoms with van der Waals surface area (Å²) in [7, 11) is 7.29. The third-order valence-corrected chi connectivity index (χ3v) is 12.8. The number of carbonyl (C=O) groups is 2. The molecule has 12 nitrogen and oxygen atoms in total. The van der Waals surface area contributed by atoms with E-state index < -0.39 is 61.1 Å². The predicted octanol–water partition coefficient (Wildman–Crippen LogP) is 5.78. The minimum Gasteiger partial charge on any atom is -0.462 e. The number of nitrogens with zero attached hydrogens (tertiary/aromatic N) is 1. The van der Waals surface area contributed by atoms with E-state index in [1.165, 1.54) is 0 Å². The van der Waals surface area contributed by atoms with Gasteiger partial charge in [0.05, 0.1) is 43.5 Å². The van der Waals surface area contributed by atoms with Crippen LogP contribution >= 0.6 is 0 Å². The number of rotatable bonds is 11. The number of aliphatic hydroxyl groups is 2. The lowest BCUT2D eigenvalue weighted by Crippen LogP contribution is -2.56. The molecule has 3 heterocycles. The van der Waals surface area contributed by atoms with Crippen molar-refractivity contribution in [2.75, 3.05) is 34.9 Å². The van der Waals surface area contributed by atoms with Crippen LogP contribution in [0.3, 0.4) is 0 Å². The number of carbonyl (C=O) groups excluding carboxylic acids is 2. The van der Waals surface area contributed by atoms with Crippen molar-refractivity contribution in [3.63, 3.8) is 0 Å². The summed E-state index contributed by atoms with van der Waals surface area (Å²) in [4.78, 5) is 29.7. The van der Waals surface area contributed by atoms with Gasteiger partial charge in [0, 0.05) is 56.3 Å². The zero-order chi connectivity index (χ0) is 41.3. The van der Waals surface area contributed by atoms with Gasteiger partial charge in [0.25, 0.3) is 0 Å². The first kappa shape index (κ1) is 47.6. The molecule has 12 heteroatoms. The molecule has 0 unspecified atom stereocenters. The molecule has 0 amide bonds. The van der Waals surface area contributed by atoms with Gasteiger partial charge in [-0.25, -0.2) is 0 Å². The lowest BCUT2D eigenvalue weighted by atomic mass is 9.79. The minimum atomic E-state index is -1.13. The maximum atomic E-state index is 13.8. The van der Waals surface area contributed by atoms with Gasteiger partial charge in [-0.2, -0.15) is 0 Å². The van der Waals surface area contributed by atoms with E-state index in [1.807, 2.05) is 54.5 Å². The molecule has 3 aliphatic rings. The summed E-state index contributed by atoms with van der Waals surface area (Å²) < 4.78 is 43.4. The predicted molar refractivity (Wildman–Crippen MR) is 211 cm³/mol. The Morgan fingerprint density at radius 3 is 2.09 bits per heavy atom. The number of ether oxygens (including phenoxy) is 7. The van der Waals surface area contributed by atoms with E-state index in [2.05, 4.69) is 39.8 Å². The molecular formula is C43H75NO11. The number of ketones is 1. The van der Waals surface area contributed by atoms with Crippen LogP contribution in [0.5, 0.6) is 0 Å². The number of aliphatic hydroxyl groups excluding tert-OH is 2. The Kier molecular flexibility index (Phi) is 18.9. The highest BCUT2D eigenvalue weighted by Crippen LogP contribution is 2.39. The molecule has 2 saturated heterocycles. The molecule has 0 saturated carbocycles. The average Bonchev–Trinajstić information content (AvgIpc) is 3.14. The van der Waals surface area contributed by atoms with Gasteiger partial charge in [-0.3, -0.25) is 9.59 Å². The van der Waals surface area contributed by atoms with Crippen LogP contribution in [-0.4, -0.2) is 123 Å². The van der Waals surface area contributed by atoms with E-state index in [4.69, 9.17) is 33.2 Å². The normalized spacial score (nSPS) is 43.2. The standard InChI is InChI=1S/C43H75NO11/c1-15-36-33(22-51-42-26(5)25(4)40(48)31(10)53-42)18-23(2)16-17-34(45)24(3)19-32(20-38(49-13)50-14)41(28(7)35(46)21-37(47)54-36)55-43-29(8)39(44(11)12)27(6)30(9)52-43/h16-18,24-33,35-36,38-43,46,48H,15,19-22H2,1-14H3/b17-16+,23-18+/t24-,25+,26-,27-,28-,29-,30-,31-,32-,33-,35-,36-,39+,40+,41-,42-,43+/m1/s1. The van der Waals surface area contributed by atoms with Crippen LogP contribution in [0, 0.1) is 47.3 Å². The molecule has 2 N–H and O–H groups in total. The number of methoxy groups -OCH3 is 2. The smallest absolute Gasteiger partial charge is 0.308 e. The van der Waals surface area contributed by atoms with Gasteiger partial charge in [0.1, 0.15) is 6.10 Å². The second kappa shape index (κ2) is 21.9. The summed E-state index contributed by atoms with van der Waals surface area (Å²) in [5.41, 5.74) is 0.818. The molecule has 0 aromatic carbocycles. The highest BCUT2D eigenvalue weighted by atomic mass is 16.7. The van der Waals surface area contributed by atoms with Crippen LogP contribution in [0.4, 0.5) is 0 Å². The Labute approximate surface area is 331 Å². The minimum absolute atomic E-state index is 0.0168. The van der Waals surface area contributed by atoms with E-state index in [0.717, 1.165) is 5.57 Å². The van der Waals surface area contributed by atoms with Gasteiger partial charge >= 0.3 is 5.97 Å². The summed E-state index contributed by atoms with van der Waals surface area (Å²) in [6, 6.07) is 0.176. The quantitative estimate of drug-likeness (QED) is 0.194. The highest BCUT2D eigenvalue weighted by molar-refractivity contribution is 5.91. The largest absolute Gasteiger partial charge is 0.462 e. The van der Waals surface area contributed by atoms with E-state index in [-0.39, 0.29) is 72.6 Å². The summed E-state index contributed by atoms with van der Waals surface area (Å²) in [5.74, 6) is -2.08. The molecule has 0 bridgehead atoms. The fourth-order valence-electron chi connectivity index (χ4n) is 8.86. The molecular weight excluding hydrogens is 706 g/mol. The van der Waals surface area contributed by atoms with Crippen LogP contribution in [0.1, 0.15) is 94.9 Å². The fourth-order valence-corrected chi connectivity index (χ4v) is 8.86. The first-order chi connectivity index (χ1) is 25.8. The van der Waals surface area contributed by atoms with Crippen molar-refractivity contribution in [3.8, 4) is 0 Å². The maximum Gasteiger partial charge on any atom is 0.308 e. The molecule has 0 aromatic rings. The van der Waals surface area contributed by atoms with Crippen LogP contribution in [0.25, 0.3) is 0 Å².